The zero-order valence-electron chi connectivity index (χ0n) is 16.2. The van der Waals surface area contributed by atoms with Crippen LogP contribution in [0.4, 0.5) is 5.69 Å². The highest BCUT2D eigenvalue weighted by molar-refractivity contribution is 8.00. The van der Waals surface area contributed by atoms with Crippen molar-refractivity contribution < 1.29 is 4.79 Å². The molecule has 0 atom stereocenters. The van der Waals surface area contributed by atoms with Gasteiger partial charge in [0.15, 0.2) is 0 Å². The molecule has 142 valence electrons. The van der Waals surface area contributed by atoms with Gasteiger partial charge in [-0.2, -0.15) is 0 Å². The van der Waals surface area contributed by atoms with Crippen molar-refractivity contribution in [2.24, 2.45) is 0 Å². The number of H-pyrrole nitrogens is 1. The van der Waals surface area contributed by atoms with E-state index in [4.69, 9.17) is 0 Å². The van der Waals surface area contributed by atoms with Crippen LogP contribution in [0.5, 0.6) is 0 Å². The van der Waals surface area contributed by atoms with Crippen molar-refractivity contribution in [2.45, 2.75) is 40.2 Å². The van der Waals surface area contributed by atoms with Crippen molar-refractivity contribution in [3.05, 3.63) is 64.8 Å². The van der Waals surface area contributed by atoms with E-state index < -0.39 is 0 Å². The van der Waals surface area contributed by atoms with Gasteiger partial charge in [-0.1, -0.05) is 55.1 Å². The molecule has 3 rings (SSSR count). The number of hydrogen-bond acceptors (Lipinski definition) is 3. The minimum atomic E-state index is -0.0722. The molecular weight excluding hydrogens is 354 g/mol. The molecule has 4 nitrogen and oxygen atoms in total. The molecule has 0 saturated heterocycles. The zero-order chi connectivity index (χ0) is 19.2. The van der Waals surface area contributed by atoms with E-state index in [0.717, 1.165) is 33.5 Å². The molecule has 2 aromatic carbocycles. The summed E-state index contributed by atoms with van der Waals surface area (Å²) < 4.78 is 3.39. The van der Waals surface area contributed by atoms with E-state index in [2.05, 4.69) is 47.1 Å². The quantitative estimate of drug-likeness (QED) is 0.353. The first-order valence-electron chi connectivity index (χ1n) is 9.42. The summed E-state index contributed by atoms with van der Waals surface area (Å²) in [6.45, 7) is 6.77. The van der Waals surface area contributed by atoms with Crippen molar-refractivity contribution >= 4 is 34.4 Å². The minimum Gasteiger partial charge on any atom is -0.350 e. The third-order valence-corrected chi connectivity index (χ3v) is 5.48. The molecule has 1 amide bonds. The van der Waals surface area contributed by atoms with E-state index in [-0.39, 0.29) is 5.91 Å². The molecule has 0 bridgehead atoms. The smallest absolute Gasteiger partial charge is 0.268 e. The van der Waals surface area contributed by atoms with Crippen LogP contribution in [0.3, 0.4) is 0 Å². The molecule has 0 radical (unpaired) electrons. The van der Waals surface area contributed by atoms with Gasteiger partial charge in [0, 0.05) is 28.9 Å². The van der Waals surface area contributed by atoms with Crippen LogP contribution in [-0.2, 0) is 6.54 Å². The highest BCUT2D eigenvalue weighted by Crippen LogP contribution is 2.26. The topological polar surface area (TPSA) is 56.9 Å². The summed E-state index contributed by atoms with van der Waals surface area (Å²) in [4.78, 5) is 15.9. The average molecular weight is 382 g/mol. The molecular formula is C22H27N3OS. The van der Waals surface area contributed by atoms with Gasteiger partial charge in [-0.05, 0) is 49.6 Å². The standard InChI is InChI=1S/C22H27N3OS/c1-4-5-11-27-25-18-9-10-20-19(13-18)16(3)21(24-20)22(26)23-14-17-8-6-7-15(2)12-17/h6-10,12-13,24-25H,4-5,11,14H2,1-3H3,(H,23,26). The van der Waals surface area contributed by atoms with E-state index in [0.29, 0.717) is 12.2 Å². The molecule has 0 unspecified atom stereocenters. The Morgan fingerprint density at radius 2 is 2.00 bits per heavy atom. The van der Waals surface area contributed by atoms with Crippen LogP contribution in [0.25, 0.3) is 10.9 Å². The van der Waals surface area contributed by atoms with Gasteiger partial charge in [-0.3, -0.25) is 4.79 Å². The fourth-order valence-corrected chi connectivity index (χ4v) is 3.89. The van der Waals surface area contributed by atoms with Gasteiger partial charge in [-0.25, -0.2) is 0 Å². The highest BCUT2D eigenvalue weighted by Gasteiger charge is 2.15. The zero-order valence-corrected chi connectivity index (χ0v) is 17.0. The molecule has 0 aliphatic carbocycles. The summed E-state index contributed by atoms with van der Waals surface area (Å²) in [5.74, 6) is 1.02. The lowest BCUT2D eigenvalue weighted by atomic mass is 10.1. The third-order valence-electron chi connectivity index (χ3n) is 4.61. The fraction of sp³-hybridized carbons (Fsp3) is 0.318. The Bertz CT molecular complexity index is 932. The van der Waals surface area contributed by atoms with Crippen LogP contribution in [-0.4, -0.2) is 16.6 Å². The fourth-order valence-electron chi connectivity index (χ4n) is 3.06. The maximum absolute atomic E-state index is 12.7. The summed E-state index contributed by atoms with van der Waals surface area (Å²) in [6.07, 6.45) is 2.40. The number of anilines is 1. The number of aryl methyl sites for hydroxylation is 2. The van der Waals surface area contributed by atoms with Crippen molar-refractivity contribution in [3.8, 4) is 0 Å². The van der Waals surface area contributed by atoms with Gasteiger partial charge < -0.3 is 15.0 Å². The number of amides is 1. The number of unbranched alkanes of at least 4 members (excludes halogenated alkanes) is 1. The molecule has 0 aliphatic rings. The molecule has 0 fully saturated rings. The highest BCUT2D eigenvalue weighted by atomic mass is 32.2. The average Bonchev–Trinajstić information content (AvgIpc) is 3.00. The monoisotopic (exact) mass is 381 g/mol. The second kappa shape index (κ2) is 9.00. The lowest BCUT2D eigenvalue weighted by molar-refractivity contribution is 0.0946. The summed E-state index contributed by atoms with van der Waals surface area (Å²) in [5, 5.41) is 4.10. The summed E-state index contributed by atoms with van der Waals surface area (Å²) in [7, 11) is 0. The minimum absolute atomic E-state index is 0.0722. The normalized spacial score (nSPS) is 10.9. The Kier molecular flexibility index (Phi) is 6.45. The van der Waals surface area contributed by atoms with Crippen LogP contribution in [0.1, 0.15) is 46.9 Å². The first-order chi connectivity index (χ1) is 13.1. The Balaban J connectivity index is 1.70. The molecule has 1 aromatic heterocycles. The number of carbonyl (C=O) groups is 1. The molecule has 0 saturated carbocycles. The molecule has 3 aromatic rings. The van der Waals surface area contributed by atoms with Gasteiger partial charge in [0.2, 0.25) is 0 Å². The van der Waals surface area contributed by atoms with Crippen molar-refractivity contribution in [1.29, 1.82) is 0 Å². The Morgan fingerprint density at radius 3 is 2.78 bits per heavy atom. The molecule has 0 aliphatic heterocycles. The molecule has 5 heteroatoms. The van der Waals surface area contributed by atoms with Gasteiger partial charge in [-0.15, -0.1) is 0 Å². The molecule has 27 heavy (non-hydrogen) atoms. The number of benzene rings is 2. The Hall–Kier alpha value is -2.40. The molecule has 0 spiro atoms. The summed E-state index contributed by atoms with van der Waals surface area (Å²) >= 11 is 1.73. The van der Waals surface area contributed by atoms with Gasteiger partial charge in [0.25, 0.3) is 5.91 Å². The summed E-state index contributed by atoms with van der Waals surface area (Å²) in [6, 6.07) is 14.4. The lowest BCUT2D eigenvalue weighted by Gasteiger charge is -2.06. The van der Waals surface area contributed by atoms with E-state index in [9.17, 15) is 4.79 Å². The molecule has 1 heterocycles. The maximum atomic E-state index is 12.7. The summed E-state index contributed by atoms with van der Waals surface area (Å²) in [5.41, 5.74) is 5.96. The number of aromatic nitrogens is 1. The second-order valence-corrected chi connectivity index (χ2v) is 7.76. The van der Waals surface area contributed by atoms with E-state index in [1.807, 2.05) is 31.2 Å². The Labute approximate surface area is 165 Å². The maximum Gasteiger partial charge on any atom is 0.268 e. The Morgan fingerprint density at radius 1 is 1.15 bits per heavy atom. The largest absolute Gasteiger partial charge is 0.350 e. The first kappa shape index (κ1) is 19.4. The van der Waals surface area contributed by atoms with Gasteiger partial charge >= 0.3 is 0 Å². The van der Waals surface area contributed by atoms with E-state index in [1.165, 1.54) is 18.4 Å². The van der Waals surface area contributed by atoms with Crippen LogP contribution in [0, 0.1) is 13.8 Å². The predicted molar refractivity (Wildman–Crippen MR) is 116 cm³/mol. The van der Waals surface area contributed by atoms with Crippen molar-refractivity contribution in [2.75, 3.05) is 10.5 Å². The molecule has 3 N–H and O–H groups in total. The number of fused-ring (bicyclic) bond motifs is 1. The number of carbonyl (C=O) groups excluding carboxylic acids is 1. The predicted octanol–water partition coefficient (Wildman–Crippen LogP) is 5.57. The van der Waals surface area contributed by atoms with Crippen LogP contribution >= 0.6 is 11.9 Å². The lowest BCUT2D eigenvalue weighted by Crippen LogP contribution is -2.23. The first-order valence-corrected chi connectivity index (χ1v) is 10.4. The van der Waals surface area contributed by atoms with Crippen molar-refractivity contribution in [1.82, 2.24) is 10.3 Å². The number of hydrogen-bond donors (Lipinski definition) is 3. The van der Waals surface area contributed by atoms with E-state index in [1.54, 1.807) is 11.9 Å². The number of nitrogens with one attached hydrogen (secondary N) is 3. The number of rotatable bonds is 8. The van der Waals surface area contributed by atoms with E-state index >= 15 is 0 Å². The third kappa shape index (κ3) is 4.86. The van der Waals surface area contributed by atoms with Crippen LogP contribution < -0.4 is 10.0 Å². The van der Waals surface area contributed by atoms with Crippen molar-refractivity contribution in [3.63, 3.8) is 0 Å². The second-order valence-electron chi connectivity index (χ2n) is 6.86. The number of aromatic amines is 1. The van der Waals surface area contributed by atoms with Crippen LogP contribution in [0.2, 0.25) is 0 Å². The SMILES string of the molecule is CCCCSNc1ccc2[nH]c(C(=O)NCc3cccc(C)c3)c(C)c2c1. The van der Waals surface area contributed by atoms with Gasteiger partial charge in [0.1, 0.15) is 5.69 Å². The van der Waals surface area contributed by atoms with Gasteiger partial charge in [0.05, 0.1) is 0 Å². The van der Waals surface area contributed by atoms with Crippen LogP contribution in [0.15, 0.2) is 42.5 Å².